The summed E-state index contributed by atoms with van der Waals surface area (Å²) in [6.07, 6.45) is 5.62. The maximum absolute atomic E-state index is 13.8. The van der Waals surface area contributed by atoms with Gasteiger partial charge < -0.3 is 14.7 Å². The number of carbonyl (C=O) groups is 2. The molecule has 34 heavy (non-hydrogen) atoms. The molecule has 2 aromatic rings. The minimum atomic E-state index is -4.05. The normalized spacial score (nSPS) is 14.6. The van der Waals surface area contributed by atoms with Gasteiger partial charge in [-0.05, 0) is 18.9 Å². The van der Waals surface area contributed by atoms with E-state index in [1.807, 2.05) is 0 Å². The van der Waals surface area contributed by atoms with Gasteiger partial charge in [-0.25, -0.2) is 27.0 Å². The average molecular weight is 518 g/mol. The van der Waals surface area contributed by atoms with Crippen LogP contribution >= 0.6 is 11.3 Å². The van der Waals surface area contributed by atoms with E-state index in [2.05, 4.69) is 10.3 Å². The van der Waals surface area contributed by atoms with Crippen LogP contribution in [0.5, 0.6) is 0 Å². The van der Waals surface area contributed by atoms with E-state index in [4.69, 9.17) is 9.84 Å². The number of carbonyl (C=O) groups excluding carboxylic acids is 1. The monoisotopic (exact) mass is 517 g/mol. The van der Waals surface area contributed by atoms with Gasteiger partial charge in [-0.1, -0.05) is 36.7 Å². The highest BCUT2D eigenvalue weighted by Crippen LogP contribution is 2.26. The van der Waals surface area contributed by atoms with Crippen molar-refractivity contribution >= 4 is 38.3 Å². The molecule has 1 aliphatic carbocycles. The van der Waals surface area contributed by atoms with Gasteiger partial charge in [0.15, 0.2) is 20.7 Å². The molecule has 2 N–H and O–H groups in total. The van der Waals surface area contributed by atoms with Gasteiger partial charge >= 0.3 is 12.0 Å². The number of amides is 2. The van der Waals surface area contributed by atoms with Gasteiger partial charge in [-0.3, -0.25) is 10.1 Å². The van der Waals surface area contributed by atoms with Crippen LogP contribution in [0.2, 0.25) is 0 Å². The topological polar surface area (TPSA) is 126 Å². The van der Waals surface area contributed by atoms with Crippen molar-refractivity contribution in [3.8, 4) is 0 Å². The van der Waals surface area contributed by atoms with Crippen LogP contribution in [0, 0.1) is 11.6 Å². The number of urea groups is 1. The number of benzene rings is 1. The quantitative estimate of drug-likeness (QED) is 0.461. The first-order valence-corrected chi connectivity index (χ1v) is 13.1. The predicted molar refractivity (Wildman–Crippen MR) is 120 cm³/mol. The van der Waals surface area contributed by atoms with Crippen molar-refractivity contribution in [3.63, 3.8) is 0 Å². The van der Waals surface area contributed by atoms with Crippen molar-refractivity contribution in [1.82, 2.24) is 9.88 Å². The van der Waals surface area contributed by atoms with Crippen molar-refractivity contribution in [2.45, 2.75) is 49.0 Å². The summed E-state index contributed by atoms with van der Waals surface area (Å²) in [6.45, 7) is 0.231. The smallest absolute Gasteiger partial charge is 0.323 e. The van der Waals surface area contributed by atoms with Gasteiger partial charge in [0, 0.05) is 24.2 Å². The van der Waals surface area contributed by atoms with E-state index in [1.54, 1.807) is 4.90 Å². The number of aliphatic carboxylic acids is 1. The van der Waals surface area contributed by atoms with Crippen LogP contribution < -0.4 is 5.32 Å². The van der Waals surface area contributed by atoms with Crippen molar-refractivity contribution < 1.29 is 36.6 Å². The summed E-state index contributed by atoms with van der Waals surface area (Å²) >= 11 is 0.678. The van der Waals surface area contributed by atoms with Crippen molar-refractivity contribution in [2.24, 2.45) is 0 Å². The summed E-state index contributed by atoms with van der Waals surface area (Å²) in [4.78, 5) is 29.2. The summed E-state index contributed by atoms with van der Waals surface area (Å²) in [5, 5.41) is 11.4. The van der Waals surface area contributed by atoms with E-state index in [-0.39, 0.29) is 40.7 Å². The molecule has 0 atom stereocenters. The van der Waals surface area contributed by atoms with E-state index in [0.717, 1.165) is 50.4 Å². The largest absolute Gasteiger partial charge is 0.480 e. The lowest BCUT2D eigenvalue weighted by Gasteiger charge is -2.34. The molecule has 186 valence electrons. The molecule has 0 bridgehead atoms. The first kappa shape index (κ1) is 26.0. The fourth-order valence-corrected chi connectivity index (χ4v) is 5.83. The van der Waals surface area contributed by atoms with Crippen LogP contribution in [0.4, 0.5) is 18.7 Å². The van der Waals surface area contributed by atoms with E-state index in [1.165, 1.54) is 6.07 Å². The summed E-state index contributed by atoms with van der Waals surface area (Å²) in [7, 11) is -4.05. The Hall–Kier alpha value is -2.64. The number of ether oxygens (including phenoxy) is 1. The Morgan fingerprint density at radius 3 is 2.65 bits per heavy atom. The number of nitrogens with one attached hydrogen (secondary N) is 1. The molecule has 1 heterocycles. The minimum absolute atomic E-state index is 0.0316. The minimum Gasteiger partial charge on any atom is -0.480 e. The van der Waals surface area contributed by atoms with Gasteiger partial charge in [0.05, 0.1) is 19.4 Å². The lowest BCUT2D eigenvalue weighted by atomic mass is 9.94. The van der Waals surface area contributed by atoms with Gasteiger partial charge in [0.25, 0.3) is 0 Å². The Bertz CT molecular complexity index is 1120. The zero-order valence-electron chi connectivity index (χ0n) is 18.2. The highest BCUT2D eigenvalue weighted by atomic mass is 32.2. The fourth-order valence-electron chi connectivity index (χ4n) is 3.68. The summed E-state index contributed by atoms with van der Waals surface area (Å²) < 4.78 is 56.2. The number of carboxylic acid groups (broad SMARTS) is 1. The second-order valence-corrected chi connectivity index (χ2v) is 11.1. The van der Waals surface area contributed by atoms with Crippen LogP contribution in [-0.4, -0.2) is 60.4 Å². The molecule has 0 radical (unpaired) electrons. The highest BCUT2D eigenvalue weighted by Gasteiger charge is 2.27. The Kier molecular flexibility index (Phi) is 8.91. The van der Waals surface area contributed by atoms with Crippen LogP contribution in [0.15, 0.2) is 28.6 Å². The molecule has 1 fully saturated rings. The molecule has 3 rings (SSSR count). The third kappa shape index (κ3) is 7.18. The average Bonchev–Trinajstić information content (AvgIpc) is 3.24. The summed E-state index contributed by atoms with van der Waals surface area (Å²) in [5.41, 5.74) is 0.202. The molecule has 1 aliphatic rings. The number of rotatable bonds is 10. The first-order valence-electron chi connectivity index (χ1n) is 10.7. The Morgan fingerprint density at radius 2 is 1.97 bits per heavy atom. The number of hydrogen-bond donors (Lipinski definition) is 2. The van der Waals surface area contributed by atoms with Crippen LogP contribution in [0.25, 0.3) is 0 Å². The number of hydrogen-bond acceptors (Lipinski definition) is 7. The molecular formula is C21H25F2N3O6S2. The van der Waals surface area contributed by atoms with E-state index in [0.29, 0.717) is 11.3 Å². The number of halogens is 2. The van der Waals surface area contributed by atoms with Gasteiger partial charge in [0.1, 0.15) is 15.8 Å². The molecule has 1 aromatic carbocycles. The SMILES string of the molecule is O=C(O)CS(=O)(=O)c1cnc(NC(=O)N(CCOCc2ccc(F)cc2F)C2CCCCC2)s1. The van der Waals surface area contributed by atoms with Crippen molar-refractivity contribution in [2.75, 3.05) is 24.2 Å². The summed E-state index contributed by atoms with van der Waals surface area (Å²) in [5.74, 6) is -3.94. The zero-order valence-corrected chi connectivity index (χ0v) is 19.8. The second-order valence-electron chi connectivity index (χ2n) is 7.84. The molecule has 0 aliphatic heterocycles. The van der Waals surface area contributed by atoms with Gasteiger partial charge in [0.2, 0.25) is 0 Å². The number of aromatic nitrogens is 1. The fraction of sp³-hybridized carbons (Fsp3) is 0.476. The molecule has 9 nitrogen and oxygen atoms in total. The van der Waals surface area contributed by atoms with Crippen LogP contribution in [0.3, 0.4) is 0 Å². The lowest BCUT2D eigenvalue weighted by Crippen LogP contribution is -2.45. The highest BCUT2D eigenvalue weighted by molar-refractivity contribution is 7.94. The Labute approximate surface area is 199 Å². The van der Waals surface area contributed by atoms with Crippen molar-refractivity contribution in [3.05, 3.63) is 41.6 Å². The van der Waals surface area contributed by atoms with E-state index >= 15 is 0 Å². The van der Waals surface area contributed by atoms with Crippen LogP contribution in [0.1, 0.15) is 37.7 Å². The zero-order chi connectivity index (χ0) is 24.7. The maximum Gasteiger partial charge on any atom is 0.323 e. The standard InChI is InChI=1S/C21H25F2N3O6S2/c22-15-7-6-14(17(23)10-15)12-32-9-8-26(16-4-2-1-3-5-16)21(29)25-20-24-11-19(33-20)34(30,31)13-18(27)28/h6-7,10-11,16H,1-5,8-9,12-13H2,(H,27,28)(H,24,25,29). The Balaban J connectivity index is 1.62. The molecule has 1 saturated carbocycles. The number of nitrogens with zero attached hydrogens (tertiary/aromatic N) is 2. The third-order valence-corrected chi connectivity index (χ3v) is 8.41. The third-order valence-electron chi connectivity index (χ3n) is 5.34. The lowest BCUT2D eigenvalue weighted by molar-refractivity contribution is -0.134. The van der Waals surface area contributed by atoms with E-state index in [9.17, 15) is 26.8 Å². The number of thiazole rings is 1. The number of anilines is 1. The number of sulfone groups is 1. The van der Waals surface area contributed by atoms with Crippen molar-refractivity contribution in [1.29, 1.82) is 0 Å². The number of carboxylic acids is 1. The Morgan fingerprint density at radius 1 is 1.24 bits per heavy atom. The van der Waals surface area contributed by atoms with Crippen LogP contribution in [-0.2, 0) is 26.0 Å². The van der Waals surface area contributed by atoms with Gasteiger partial charge in [-0.2, -0.15) is 0 Å². The second kappa shape index (κ2) is 11.7. The van der Waals surface area contributed by atoms with E-state index < -0.39 is 39.2 Å². The molecule has 1 aromatic heterocycles. The molecule has 0 saturated heterocycles. The molecular weight excluding hydrogens is 492 g/mol. The molecule has 0 spiro atoms. The van der Waals surface area contributed by atoms with Gasteiger partial charge in [-0.15, -0.1) is 0 Å². The summed E-state index contributed by atoms with van der Waals surface area (Å²) in [6, 6.07) is 2.69. The molecule has 0 unspecified atom stereocenters. The molecule has 13 heteroatoms. The first-order chi connectivity index (χ1) is 16.2. The molecule has 2 amide bonds. The maximum atomic E-state index is 13.8. The predicted octanol–water partition coefficient (Wildman–Crippen LogP) is 3.66.